The zero-order valence-electron chi connectivity index (χ0n) is 27.6. The molecule has 2 saturated carbocycles. The molecule has 0 spiro atoms. The molecule has 0 bridgehead atoms. The lowest BCUT2D eigenvalue weighted by atomic mass is 9.76. The van der Waals surface area contributed by atoms with Crippen LogP contribution in [0.3, 0.4) is 0 Å². The Morgan fingerprint density at radius 3 is 2.19 bits per heavy atom. The van der Waals surface area contributed by atoms with Gasteiger partial charge >= 0.3 is 23.9 Å². The van der Waals surface area contributed by atoms with Crippen molar-refractivity contribution in [2.75, 3.05) is 0 Å². The molecule has 2 fully saturated rings. The first-order valence-corrected chi connectivity index (χ1v) is 15.8. The number of esters is 4. The van der Waals surface area contributed by atoms with E-state index in [0.717, 1.165) is 0 Å². The van der Waals surface area contributed by atoms with E-state index in [9.17, 15) is 24.0 Å². The molecule has 0 N–H and O–H groups in total. The van der Waals surface area contributed by atoms with Crippen molar-refractivity contribution in [2.24, 2.45) is 29.1 Å². The summed E-state index contributed by atoms with van der Waals surface area (Å²) in [5, 5.41) is 0. The van der Waals surface area contributed by atoms with E-state index in [1.807, 2.05) is 6.08 Å². The number of rotatable bonds is 6. The lowest BCUT2D eigenvalue weighted by Crippen LogP contribution is -2.55. The van der Waals surface area contributed by atoms with Gasteiger partial charge in [0, 0.05) is 38.2 Å². The number of benzene rings is 1. The van der Waals surface area contributed by atoms with Gasteiger partial charge in [-0.2, -0.15) is 0 Å². The molecule has 1 aromatic heterocycles. The summed E-state index contributed by atoms with van der Waals surface area (Å²) < 4.78 is 24.2. The number of Topliss-reactive ketones (excluding diaryl/α,β-unsaturated/α-hetero) is 1. The van der Waals surface area contributed by atoms with E-state index in [0.29, 0.717) is 12.0 Å². The van der Waals surface area contributed by atoms with Gasteiger partial charge in [-0.1, -0.05) is 51.6 Å². The highest BCUT2D eigenvalue weighted by Gasteiger charge is 2.66. The van der Waals surface area contributed by atoms with E-state index in [-0.39, 0.29) is 40.4 Å². The van der Waals surface area contributed by atoms with Crippen LogP contribution in [-0.4, -0.2) is 58.6 Å². The summed E-state index contributed by atoms with van der Waals surface area (Å²) in [6.45, 7) is 14.3. The Hall–Kier alpha value is -4.60. The van der Waals surface area contributed by atoms with Gasteiger partial charge in [0.05, 0.1) is 17.0 Å². The molecular formula is C37H41NO9. The number of aromatic nitrogens is 1. The Balaban J connectivity index is 1.68. The molecule has 8 atom stereocenters. The fraction of sp³-hybridized carbons (Fsp3) is 0.459. The predicted octanol–water partition coefficient (Wildman–Crippen LogP) is 5.47. The normalized spacial score (nSPS) is 32.3. The minimum Gasteiger partial charge on any atom is -0.458 e. The molecule has 248 valence electrons. The molecule has 1 heterocycles. The van der Waals surface area contributed by atoms with Gasteiger partial charge in [0.1, 0.15) is 18.3 Å². The minimum absolute atomic E-state index is 0.0172. The van der Waals surface area contributed by atoms with E-state index in [4.69, 9.17) is 18.9 Å². The molecule has 10 heteroatoms. The number of allylic oxidation sites excluding steroid dienone is 1. The molecular weight excluding hydrogens is 602 g/mol. The highest BCUT2D eigenvalue weighted by molar-refractivity contribution is 6.03. The second kappa shape index (κ2) is 12.9. The lowest BCUT2D eigenvalue weighted by molar-refractivity contribution is -0.179. The highest BCUT2D eigenvalue weighted by atomic mass is 16.6. The van der Waals surface area contributed by atoms with Crippen LogP contribution in [0.2, 0.25) is 0 Å². The second-order valence-corrected chi connectivity index (χ2v) is 13.5. The maximum atomic E-state index is 14.7. The van der Waals surface area contributed by atoms with Crippen molar-refractivity contribution in [3.05, 3.63) is 89.8 Å². The van der Waals surface area contributed by atoms with Crippen LogP contribution in [0.4, 0.5) is 0 Å². The Morgan fingerprint density at radius 2 is 1.57 bits per heavy atom. The maximum absolute atomic E-state index is 14.7. The monoisotopic (exact) mass is 643 g/mol. The van der Waals surface area contributed by atoms with Crippen molar-refractivity contribution >= 4 is 29.7 Å². The molecule has 10 nitrogen and oxygen atoms in total. The number of hydrogen-bond acceptors (Lipinski definition) is 10. The number of ketones is 1. The van der Waals surface area contributed by atoms with Crippen LogP contribution in [0.25, 0.3) is 0 Å². The van der Waals surface area contributed by atoms with Crippen LogP contribution in [-0.2, 0) is 33.3 Å². The summed E-state index contributed by atoms with van der Waals surface area (Å²) in [6.07, 6.45) is 1.70. The molecule has 47 heavy (non-hydrogen) atoms. The van der Waals surface area contributed by atoms with Gasteiger partial charge in [-0.25, -0.2) is 9.59 Å². The molecule has 0 unspecified atom stereocenters. The van der Waals surface area contributed by atoms with Crippen LogP contribution in [0.15, 0.2) is 78.7 Å². The van der Waals surface area contributed by atoms with Gasteiger partial charge in [-0.15, -0.1) is 0 Å². The Labute approximate surface area is 274 Å². The van der Waals surface area contributed by atoms with Gasteiger partial charge in [-0.05, 0) is 66.4 Å². The van der Waals surface area contributed by atoms with Crippen molar-refractivity contribution in [1.29, 1.82) is 0 Å². The molecule has 0 amide bonds. The maximum Gasteiger partial charge on any atom is 0.340 e. The highest BCUT2D eigenvalue weighted by Crippen LogP contribution is 2.63. The Kier molecular flexibility index (Phi) is 9.26. The van der Waals surface area contributed by atoms with Crippen LogP contribution in [0.1, 0.15) is 75.1 Å². The SMILES string of the molecule is C=C1[C@H](OC(=O)c2cccnc2)C[C@H]2[C@@H](/C=C(\C)C(=O)[C@@]3(OC(C)=O)C[C@H](C)[C@H](OC(=O)c4ccccc4)[C@@H]3[C@H]1OC(C)=O)C2(C)C. The predicted molar refractivity (Wildman–Crippen MR) is 170 cm³/mol. The number of hydrogen-bond donors (Lipinski definition) is 0. The number of ether oxygens (including phenoxy) is 4. The van der Waals surface area contributed by atoms with Crippen LogP contribution in [0, 0.1) is 29.1 Å². The van der Waals surface area contributed by atoms with Gasteiger partial charge in [-0.3, -0.25) is 19.4 Å². The van der Waals surface area contributed by atoms with Crippen molar-refractivity contribution < 1.29 is 42.9 Å². The average Bonchev–Trinajstić information content (AvgIpc) is 3.41. The average molecular weight is 644 g/mol. The van der Waals surface area contributed by atoms with Crippen LogP contribution >= 0.6 is 0 Å². The summed E-state index contributed by atoms with van der Waals surface area (Å²) in [6, 6.07) is 11.5. The summed E-state index contributed by atoms with van der Waals surface area (Å²) in [5.74, 6) is -5.08. The molecule has 5 rings (SSSR count). The van der Waals surface area contributed by atoms with E-state index < -0.39 is 65.4 Å². The van der Waals surface area contributed by atoms with Crippen LogP contribution < -0.4 is 0 Å². The first-order valence-electron chi connectivity index (χ1n) is 15.8. The summed E-state index contributed by atoms with van der Waals surface area (Å²) in [5.41, 5.74) is -1.11. The first-order chi connectivity index (χ1) is 22.2. The third-order valence-electron chi connectivity index (χ3n) is 9.98. The molecule has 0 saturated heterocycles. The lowest BCUT2D eigenvalue weighted by Gasteiger charge is -2.40. The fourth-order valence-electron chi connectivity index (χ4n) is 7.55. The first kappa shape index (κ1) is 33.8. The van der Waals surface area contributed by atoms with Gasteiger partial charge in [0.2, 0.25) is 5.78 Å². The van der Waals surface area contributed by atoms with E-state index in [1.165, 1.54) is 26.2 Å². The topological polar surface area (TPSA) is 135 Å². The van der Waals surface area contributed by atoms with E-state index >= 15 is 0 Å². The van der Waals surface area contributed by atoms with Gasteiger partial charge in [0.25, 0.3) is 0 Å². The number of fused-ring (bicyclic) bond motifs is 2. The molecule has 3 aliphatic carbocycles. The molecule has 0 radical (unpaired) electrons. The van der Waals surface area contributed by atoms with E-state index in [1.54, 1.807) is 56.3 Å². The Morgan fingerprint density at radius 1 is 0.915 bits per heavy atom. The van der Waals surface area contributed by atoms with Crippen LogP contribution in [0.5, 0.6) is 0 Å². The summed E-state index contributed by atoms with van der Waals surface area (Å²) >= 11 is 0. The molecule has 3 aliphatic rings. The minimum atomic E-state index is -1.90. The summed E-state index contributed by atoms with van der Waals surface area (Å²) in [4.78, 5) is 71.2. The third kappa shape index (κ3) is 6.50. The van der Waals surface area contributed by atoms with Crippen molar-refractivity contribution in [3.63, 3.8) is 0 Å². The summed E-state index contributed by atoms with van der Waals surface area (Å²) in [7, 11) is 0. The number of carbonyl (C=O) groups excluding carboxylic acids is 5. The number of pyridine rings is 1. The van der Waals surface area contributed by atoms with Gasteiger partial charge < -0.3 is 18.9 Å². The zero-order chi connectivity index (χ0) is 34.3. The molecule has 2 aromatic rings. The second-order valence-electron chi connectivity index (χ2n) is 13.5. The smallest absolute Gasteiger partial charge is 0.340 e. The molecule has 0 aliphatic heterocycles. The zero-order valence-corrected chi connectivity index (χ0v) is 27.6. The standard InChI is InChI=1S/C37H41NO9/c1-20-16-27-28(36(27,6)7)17-29(45-35(43)26-14-11-15-38-19-26)22(3)32(44-23(4)39)30-31(46-34(42)25-12-9-8-10-13-25)21(2)18-37(30,33(20)41)47-24(5)40/h8-16,19,21,27-32H,3,17-18H2,1-2,4-7H3/b20-16+/t21-,27+,28-,29+,30+,31-,32-,37+/m0/s1. The van der Waals surface area contributed by atoms with Gasteiger partial charge in [0.15, 0.2) is 5.60 Å². The number of carbonyl (C=O) groups is 5. The largest absolute Gasteiger partial charge is 0.458 e. The van der Waals surface area contributed by atoms with Crippen molar-refractivity contribution in [2.45, 2.75) is 78.3 Å². The molecule has 1 aromatic carbocycles. The third-order valence-corrected chi connectivity index (χ3v) is 9.98. The van der Waals surface area contributed by atoms with Crippen molar-refractivity contribution in [3.8, 4) is 0 Å². The fourth-order valence-corrected chi connectivity index (χ4v) is 7.55. The Bertz CT molecular complexity index is 1610. The van der Waals surface area contributed by atoms with Crippen molar-refractivity contribution in [1.82, 2.24) is 4.98 Å². The quantitative estimate of drug-likeness (QED) is 0.227. The van der Waals surface area contributed by atoms with E-state index in [2.05, 4.69) is 25.4 Å². The number of nitrogens with zero attached hydrogens (tertiary/aromatic N) is 1.